The van der Waals surface area contributed by atoms with Gasteiger partial charge in [0.05, 0.1) is 6.61 Å². The summed E-state index contributed by atoms with van der Waals surface area (Å²) >= 11 is 0. The van der Waals surface area contributed by atoms with Crippen molar-refractivity contribution in [3.63, 3.8) is 0 Å². The smallest absolute Gasteiger partial charge is 0.245 e. The first-order chi connectivity index (χ1) is 11.2. The number of aryl methyl sites for hydroxylation is 1. The minimum atomic E-state index is 0.204. The Morgan fingerprint density at radius 3 is 2.65 bits per heavy atom. The summed E-state index contributed by atoms with van der Waals surface area (Å²) in [5.74, 6) is 0.698. The second-order valence-corrected chi connectivity index (χ2v) is 5.27. The van der Waals surface area contributed by atoms with E-state index in [2.05, 4.69) is 15.0 Å². The highest BCUT2D eigenvalue weighted by molar-refractivity contribution is 5.78. The van der Waals surface area contributed by atoms with Crippen molar-refractivity contribution in [1.29, 1.82) is 0 Å². The molecule has 0 spiro atoms. The van der Waals surface area contributed by atoms with Crippen LogP contribution < -0.4 is 4.74 Å². The molecule has 23 heavy (non-hydrogen) atoms. The van der Waals surface area contributed by atoms with Gasteiger partial charge in [-0.05, 0) is 38.0 Å². The summed E-state index contributed by atoms with van der Waals surface area (Å²) in [5.41, 5.74) is 3.45. The molecule has 6 heteroatoms. The number of hydrogen-bond donors (Lipinski definition) is 0. The number of nitrogens with zero attached hydrogens (tertiary/aromatic N) is 4. The van der Waals surface area contributed by atoms with Crippen LogP contribution in [0.5, 0.6) is 5.88 Å². The highest BCUT2D eigenvalue weighted by Crippen LogP contribution is 2.22. The maximum Gasteiger partial charge on any atom is 0.245 e. The fourth-order valence-electron chi connectivity index (χ4n) is 2.39. The first-order valence-corrected chi connectivity index (χ1v) is 7.58. The molecular formula is C17H18N4O2. The lowest BCUT2D eigenvalue weighted by atomic mass is 10.1. The molecule has 0 aliphatic heterocycles. The minimum absolute atomic E-state index is 0.204. The van der Waals surface area contributed by atoms with E-state index < -0.39 is 0 Å². The van der Waals surface area contributed by atoms with E-state index in [9.17, 15) is 4.79 Å². The van der Waals surface area contributed by atoms with E-state index in [1.54, 1.807) is 13.3 Å². The van der Waals surface area contributed by atoms with Gasteiger partial charge in [0.15, 0.2) is 11.2 Å². The van der Waals surface area contributed by atoms with Gasteiger partial charge >= 0.3 is 0 Å². The molecule has 0 bridgehead atoms. The number of imidazole rings is 1. The molecule has 6 nitrogen and oxygen atoms in total. The van der Waals surface area contributed by atoms with Crippen LogP contribution in [0.1, 0.15) is 25.8 Å². The van der Waals surface area contributed by atoms with Crippen LogP contribution in [-0.2, 0) is 11.2 Å². The Kier molecular flexibility index (Phi) is 4.32. The largest absolute Gasteiger partial charge is 0.476 e. The average molecular weight is 310 g/mol. The molecule has 0 unspecified atom stereocenters. The number of carbonyl (C=O) groups excluding carboxylic acids is 1. The van der Waals surface area contributed by atoms with Crippen LogP contribution in [0.3, 0.4) is 0 Å². The SMILES string of the molecule is CCOc1ncnc2c1ncn2-c1ccc(CCC(C)=O)cc1. The van der Waals surface area contributed by atoms with Crippen molar-refractivity contribution in [2.24, 2.45) is 0 Å². The summed E-state index contributed by atoms with van der Waals surface area (Å²) in [4.78, 5) is 23.9. The van der Waals surface area contributed by atoms with E-state index in [0.717, 1.165) is 17.7 Å². The monoisotopic (exact) mass is 310 g/mol. The summed E-state index contributed by atoms with van der Waals surface area (Å²) in [6.07, 6.45) is 4.52. The Bertz CT molecular complexity index is 824. The van der Waals surface area contributed by atoms with E-state index in [-0.39, 0.29) is 5.78 Å². The predicted molar refractivity (Wildman–Crippen MR) is 86.8 cm³/mol. The third-order valence-electron chi connectivity index (χ3n) is 3.56. The van der Waals surface area contributed by atoms with E-state index in [1.807, 2.05) is 35.8 Å². The van der Waals surface area contributed by atoms with Crippen molar-refractivity contribution in [3.8, 4) is 11.6 Å². The third kappa shape index (κ3) is 3.21. The molecule has 3 aromatic rings. The fraction of sp³-hybridized carbons (Fsp3) is 0.294. The number of fused-ring (bicyclic) bond motifs is 1. The Morgan fingerprint density at radius 1 is 1.17 bits per heavy atom. The van der Waals surface area contributed by atoms with Gasteiger partial charge in [-0.2, -0.15) is 4.98 Å². The number of rotatable bonds is 6. The second-order valence-electron chi connectivity index (χ2n) is 5.27. The van der Waals surface area contributed by atoms with Gasteiger partial charge in [0.25, 0.3) is 0 Å². The van der Waals surface area contributed by atoms with Crippen LogP contribution in [0.25, 0.3) is 16.9 Å². The second kappa shape index (κ2) is 6.56. The standard InChI is InChI=1S/C17H18N4O2/c1-3-23-17-15-16(18-10-19-17)21(11-20-15)14-8-6-13(7-9-14)5-4-12(2)22/h6-11H,3-5H2,1-2H3. The van der Waals surface area contributed by atoms with Gasteiger partial charge in [-0.15, -0.1) is 0 Å². The van der Waals surface area contributed by atoms with E-state index in [4.69, 9.17) is 4.74 Å². The van der Waals surface area contributed by atoms with Crippen LogP contribution in [0.2, 0.25) is 0 Å². The molecule has 0 N–H and O–H groups in total. The van der Waals surface area contributed by atoms with Gasteiger partial charge in [0.2, 0.25) is 5.88 Å². The summed E-state index contributed by atoms with van der Waals surface area (Å²) in [5, 5.41) is 0. The first-order valence-electron chi connectivity index (χ1n) is 7.58. The Morgan fingerprint density at radius 2 is 1.96 bits per heavy atom. The Hall–Kier alpha value is -2.76. The Labute approximate surface area is 134 Å². The molecule has 0 saturated carbocycles. The van der Waals surface area contributed by atoms with Crippen molar-refractivity contribution < 1.29 is 9.53 Å². The van der Waals surface area contributed by atoms with Crippen molar-refractivity contribution >= 4 is 16.9 Å². The quantitative estimate of drug-likeness (QED) is 0.700. The van der Waals surface area contributed by atoms with Gasteiger partial charge in [0.1, 0.15) is 18.4 Å². The minimum Gasteiger partial charge on any atom is -0.476 e. The van der Waals surface area contributed by atoms with Gasteiger partial charge in [0, 0.05) is 12.1 Å². The number of hydrogen-bond acceptors (Lipinski definition) is 5. The highest BCUT2D eigenvalue weighted by Gasteiger charge is 2.11. The number of ketones is 1. The van der Waals surface area contributed by atoms with Crippen LogP contribution in [0.15, 0.2) is 36.9 Å². The summed E-state index contributed by atoms with van der Waals surface area (Å²) in [7, 11) is 0. The van der Waals surface area contributed by atoms with Crippen LogP contribution >= 0.6 is 0 Å². The molecule has 0 amide bonds. The predicted octanol–water partition coefficient (Wildman–Crippen LogP) is 2.74. The lowest BCUT2D eigenvalue weighted by Gasteiger charge is -2.06. The van der Waals surface area contributed by atoms with Crippen LogP contribution in [0, 0.1) is 0 Å². The molecule has 0 aliphatic rings. The molecule has 0 saturated heterocycles. The molecule has 3 rings (SSSR count). The zero-order valence-corrected chi connectivity index (χ0v) is 13.2. The van der Waals surface area contributed by atoms with Gasteiger partial charge in [-0.3, -0.25) is 4.57 Å². The van der Waals surface area contributed by atoms with Gasteiger partial charge in [-0.1, -0.05) is 12.1 Å². The summed E-state index contributed by atoms with van der Waals surface area (Å²) < 4.78 is 7.38. The zero-order valence-electron chi connectivity index (χ0n) is 13.2. The van der Waals surface area contributed by atoms with Gasteiger partial charge < -0.3 is 9.53 Å². The number of carbonyl (C=O) groups is 1. The molecule has 0 fully saturated rings. The third-order valence-corrected chi connectivity index (χ3v) is 3.56. The van der Waals surface area contributed by atoms with Crippen LogP contribution in [-0.4, -0.2) is 31.9 Å². The Balaban J connectivity index is 1.91. The number of aromatic nitrogens is 4. The van der Waals surface area contributed by atoms with E-state index >= 15 is 0 Å². The summed E-state index contributed by atoms with van der Waals surface area (Å²) in [6, 6.07) is 8.04. The number of Topliss-reactive ketones (excluding diaryl/α,β-unsaturated/α-hetero) is 1. The molecular weight excluding hydrogens is 292 g/mol. The normalized spacial score (nSPS) is 10.9. The molecule has 118 valence electrons. The van der Waals surface area contributed by atoms with E-state index in [0.29, 0.717) is 30.1 Å². The molecule has 0 atom stereocenters. The molecule has 0 radical (unpaired) electrons. The lowest BCUT2D eigenvalue weighted by molar-refractivity contribution is -0.116. The fourth-order valence-corrected chi connectivity index (χ4v) is 2.39. The first kappa shape index (κ1) is 15.1. The lowest BCUT2D eigenvalue weighted by Crippen LogP contribution is -1.99. The molecule has 0 aliphatic carbocycles. The molecule has 2 aromatic heterocycles. The highest BCUT2D eigenvalue weighted by atomic mass is 16.5. The average Bonchev–Trinajstić information content (AvgIpc) is 2.99. The van der Waals surface area contributed by atoms with Crippen molar-refractivity contribution in [2.45, 2.75) is 26.7 Å². The molecule has 2 heterocycles. The number of ether oxygens (including phenoxy) is 1. The van der Waals surface area contributed by atoms with Gasteiger partial charge in [-0.25, -0.2) is 9.97 Å². The van der Waals surface area contributed by atoms with Crippen molar-refractivity contribution in [1.82, 2.24) is 19.5 Å². The summed E-state index contributed by atoms with van der Waals surface area (Å²) in [6.45, 7) is 4.05. The van der Waals surface area contributed by atoms with E-state index in [1.165, 1.54) is 6.33 Å². The maximum absolute atomic E-state index is 11.1. The maximum atomic E-state index is 11.1. The molecule has 1 aromatic carbocycles. The number of benzene rings is 1. The zero-order chi connectivity index (χ0) is 16.2. The van der Waals surface area contributed by atoms with Crippen molar-refractivity contribution in [2.75, 3.05) is 6.61 Å². The van der Waals surface area contributed by atoms with Crippen LogP contribution in [0.4, 0.5) is 0 Å². The topological polar surface area (TPSA) is 69.9 Å². The van der Waals surface area contributed by atoms with Crippen molar-refractivity contribution in [3.05, 3.63) is 42.5 Å².